The van der Waals surface area contributed by atoms with Crippen molar-refractivity contribution in [3.63, 3.8) is 0 Å². The molecule has 7 heteroatoms. The van der Waals surface area contributed by atoms with Gasteiger partial charge in [-0.2, -0.15) is 0 Å². The lowest BCUT2D eigenvalue weighted by molar-refractivity contribution is 0.0729. The molecule has 0 saturated carbocycles. The Morgan fingerprint density at radius 2 is 1.42 bits per heavy atom. The van der Waals surface area contributed by atoms with Gasteiger partial charge in [-0.15, -0.1) is 0 Å². The van der Waals surface area contributed by atoms with E-state index in [1.807, 2.05) is 48.5 Å². The molecule has 0 bridgehead atoms. The largest absolute Gasteiger partial charge is 0.497 e. The number of nitrogens with zero attached hydrogens (tertiary/aromatic N) is 2. The van der Waals surface area contributed by atoms with Crippen LogP contribution < -0.4 is 4.74 Å². The highest BCUT2D eigenvalue weighted by Gasteiger charge is 2.33. The first kappa shape index (κ1) is 21.4. The summed E-state index contributed by atoms with van der Waals surface area (Å²) < 4.78 is 31.4. The van der Waals surface area contributed by atoms with Gasteiger partial charge in [-0.25, -0.2) is 13.4 Å². The molecule has 6 nitrogen and oxygen atoms in total. The van der Waals surface area contributed by atoms with Crippen LogP contribution in [-0.4, -0.2) is 49.7 Å². The highest BCUT2D eigenvalue weighted by molar-refractivity contribution is 7.92. The lowest BCUT2D eigenvalue weighted by Crippen LogP contribution is -2.42. The van der Waals surface area contributed by atoms with Crippen LogP contribution in [0.15, 0.2) is 77.7 Å². The summed E-state index contributed by atoms with van der Waals surface area (Å²) >= 11 is 0. The minimum absolute atomic E-state index is 0.0786. The zero-order valence-corrected chi connectivity index (χ0v) is 19.1. The predicted molar refractivity (Wildman–Crippen MR) is 128 cm³/mol. The lowest BCUT2D eigenvalue weighted by Gasteiger charge is -2.32. The molecule has 0 spiro atoms. The summed E-state index contributed by atoms with van der Waals surface area (Å²) in [4.78, 5) is 20.4. The van der Waals surface area contributed by atoms with Gasteiger partial charge in [0.25, 0.3) is 5.91 Å². The SMILES string of the molecule is COc1ccc(S(=O)(=O)C2CCN(C(=O)c3c4ccccc4nc4ccccc34)CC2)cc1. The van der Waals surface area contributed by atoms with Crippen molar-refractivity contribution in [3.8, 4) is 5.75 Å². The number of para-hydroxylation sites is 2. The van der Waals surface area contributed by atoms with Crippen LogP contribution in [0.1, 0.15) is 23.2 Å². The Labute approximate surface area is 192 Å². The molecule has 1 aromatic heterocycles. The predicted octanol–water partition coefficient (Wildman–Crippen LogP) is 4.48. The van der Waals surface area contributed by atoms with Crippen molar-refractivity contribution in [1.82, 2.24) is 9.88 Å². The van der Waals surface area contributed by atoms with Gasteiger partial charge in [-0.05, 0) is 49.2 Å². The first-order chi connectivity index (χ1) is 16.0. The third kappa shape index (κ3) is 3.82. The number of benzene rings is 3. The molecule has 1 aliphatic heterocycles. The van der Waals surface area contributed by atoms with Gasteiger partial charge in [-0.3, -0.25) is 4.79 Å². The summed E-state index contributed by atoms with van der Waals surface area (Å²) in [5.74, 6) is 0.538. The number of methoxy groups -OCH3 is 1. The molecule has 2 heterocycles. The van der Waals surface area contributed by atoms with Crippen LogP contribution in [0.3, 0.4) is 0 Å². The third-order valence-corrected chi connectivity index (χ3v) is 8.64. The van der Waals surface area contributed by atoms with E-state index in [1.54, 1.807) is 36.3 Å². The molecule has 4 aromatic rings. The number of piperidine rings is 1. The first-order valence-electron chi connectivity index (χ1n) is 10.9. The smallest absolute Gasteiger partial charge is 0.255 e. The minimum atomic E-state index is -3.47. The van der Waals surface area contributed by atoms with E-state index in [9.17, 15) is 13.2 Å². The van der Waals surface area contributed by atoms with E-state index in [-0.39, 0.29) is 5.91 Å². The lowest BCUT2D eigenvalue weighted by atomic mass is 10.00. The Balaban J connectivity index is 1.41. The monoisotopic (exact) mass is 460 g/mol. The van der Waals surface area contributed by atoms with Crippen molar-refractivity contribution >= 4 is 37.6 Å². The maximum atomic E-state index is 13.7. The summed E-state index contributed by atoms with van der Waals surface area (Å²) in [5, 5.41) is 1.12. The van der Waals surface area contributed by atoms with E-state index in [2.05, 4.69) is 0 Å². The number of hydrogen-bond donors (Lipinski definition) is 0. The van der Waals surface area contributed by atoms with Crippen LogP contribution in [0.25, 0.3) is 21.8 Å². The molecule has 1 aliphatic rings. The van der Waals surface area contributed by atoms with Crippen molar-refractivity contribution in [2.75, 3.05) is 20.2 Å². The number of rotatable bonds is 4. The topological polar surface area (TPSA) is 76.6 Å². The highest BCUT2D eigenvalue weighted by atomic mass is 32.2. The van der Waals surface area contributed by atoms with Gasteiger partial charge in [-0.1, -0.05) is 36.4 Å². The van der Waals surface area contributed by atoms with Crippen LogP contribution in [-0.2, 0) is 9.84 Å². The molecule has 1 saturated heterocycles. The van der Waals surface area contributed by atoms with E-state index in [4.69, 9.17) is 9.72 Å². The molecule has 1 fully saturated rings. The van der Waals surface area contributed by atoms with Crippen molar-refractivity contribution in [3.05, 3.63) is 78.4 Å². The fourth-order valence-electron chi connectivity index (χ4n) is 4.56. The van der Waals surface area contributed by atoms with Gasteiger partial charge in [0.05, 0.1) is 33.9 Å². The molecule has 0 atom stereocenters. The molecule has 3 aromatic carbocycles. The Morgan fingerprint density at radius 3 is 1.97 bits per heavy atom. The number of likely N-dealkylation sites (tertiary alicyclic amines) is 1. The van der Waals surface area contributed by atoms with Crippen molar-refractivity contribution in [2.24, 2.45) is 0 Å². The zero-order valence-electron chi connectivity index (χ0n) is 18.3. The molecule has 33 heavy (non-hydrogen) atoms. The number of hydrogen-bond acceptors (Lipinski definition) is 5. The Hall–Kier alpha value is -3.45. The van der Waals surface area contributed by atoms with E-state index >= 15 is 0 Å². The van der Waals surface area contributed by atoms with Gasteiger partial charge in [0.1, 0.15) is 5.75 Å². The van der Waals surface area contributed by atoms with Crippen LogP contribution in [0.2, 0.25) is 0 Å². The summed E-state index contributed by atoms with van der Waals surface area (Å²) in [6.07, 6.45) is 0.808. The third-order valence-electron chi connectivity index (χ3n) is 6.36. The summed E-state index contributed by atoms with van der Waals surface area (Å²) in [5.41, 5.74) is 2.18. The fraction of sp³-hybridized carbons (Fsp3) is 0.231. The number of carbonyl (C=O) groups is 1. The van der Waals surface area contributed by atoms with E-state index in [1.165, 1.54) is 0 Å². The summed E-state index contributed by atoms with van der Waals surface area (Å²) in [7, 11) is -1.93. The van der Waals surface area contributed by atoms with E-state index in [0.29, 0.717) is 42.1 Å². The summed E-state index contributed by atoms with van der Waals surface area (Å²) in [6.45, 7) is 0.785. The molecule has 0 aliphatic carbocycles. The van der Waals surface area contributed by atoms with Gasteiger partial charge >= 0.3 is 0 Å². The van der Waals surface area contributed by atoms with Crippen LogP contribution in [0.4, 0.5) is 0 Å². The Bertz CT molecular complexity index is 1390. The second kappa shape index (κ2) is 8.48. The maximum absolute atomic E-state index is 13.7. The Morgan fingerprint density at radius 1 is 0.879 bits per heavy atom. The number of amides is 1. The molecule has 0 N–H and O–H groups in total. The number of pyridine rings is 1. The molecule has 0 unspecified atom stereocenters. The molecule has 1 amide bonds. The van der Waals surface area contributed by atoms with Crippen molar-refractivity contribution < 1.29 is 17.9 Å². The second-order valence-electron chi connectivity index (χ2n) is 8.23. The number of ether oxygens (including phenoxy) is 1. The molecule has 168 valence electrons. The molecule has 0 radical (unpaired) electrons. The highest BCUT2D eigenvalue weighted by Crippen LogP contribution is 2.30. The van der Waals surface area contributed by atoms with Gasteiger partial charge < -0.3 is 9.64 Å². The molecular formula is C26H24N2O4S. The van der Waals surface area contributed by atoms with Crippen molar-refractivity contribution in [2.45, 2.75) is 23.0 Å². The normalized spacial score (nSPS) is 15.1. The second-order valence-corrected chi connectivity index (χ2v) is 10.5. The van der Waals surface area contributed by atoms with Gasteiger partial charge in [0.15, 0.2) is 9.84 Å². The first-order valence-corrected chi connectivity index (χ1v) is 12.5. The summed E-state index contributed by atoms with van der Waals surface area (Å²) in [6, 6.07) is 21.8. The Kier molecular flexibility index (Phi) is 5.50. The van der Waals surface area contributed by atoms with Crippen LogP contribution in [0.5, 0.6) is 5.75 Å². The number of sulfone groups is 1. The molecule has 5 rings (SSSR count). The minimum Gasteiger partial charge on any atom is -0.497 e. The van der Waals surface area contributed by atoms with Gasteiger partial charge in [0.2, 0.25) is 0 Å². The van der Waals surface area contributed by atoms with Crippen LogP contribution >= 0.6 is 0 Å². The van der Waals surface area contributed by atoms with Gasteiger partial charge in [0, 0.05) is 23.9 Å². The number of carbonyl (C=O) groups excluding carboxylic acids is 1. The maximum Gasteiger partial charge on any atom is 0.255 e. The van der Waals surface area contributed by atoms with Crippen molar-refractivity contribution in [1.29, 1.82) is 0 Å². The van der Waals surface area contributed by atoms with Crippen LogP contribution in [0, 0.1) is 0 Å². The van der Waals surface area contributed by atoms with E-state index in [0.717, 1.165) is 21.8 Å². The number of fused-ring (bicyclic) bond motifs is 2. The quantitative estimate of drug-likeness (QED) is 0.420. The standard InChI is InChI=1S/C26H24N2O4S/c1-32-18-10-12-19(13-11-18)33(30,31)20-14-16-28(17-15-20)26(29)25-21-6-2-4-8-23(21)27-24-9-5-3-7-22(24)25/h2-13,20H,14-17H2,1H3. The molecular weight excluding hydrogens is 436 g/mol. The average molecular weight is 461 g/mol. The van der Waals surface area contributed by atoms with E-state index < -0.39 is 15.1 Å². The average Bonchev–Trinajstić information content (AvgIpc) is 2.87. The zero-order chi connectivity index (χ0) is 23.0. The fourth-order valence-corrected chi connectivity index (χ4v) is 6.29. The number of aromatic nitrogens is 1.